The van der Waals surface area contributed by atoms with Crippen LogP contribution in [-0.4, -0.2) is 36.1 Å². The lowest BCUT2D eigenvalue weighted by Crippen LogP contribution is -2.33. The molecule has 5 heteroatoms. The first kappa shape index (κ1) is 19.2. The summed E-state index contributed by atoms with van der Waals surface area (Å²) in [5.74, 6) is 2.61. The molecule has 2 heterocycles. The highest BCUT2D eigenvalue weighted by Crippen LogP contribution is 2.38. The molecule has 2 fully saturated rings. The third-order valence-corrected chi connectivity index (χ3v) is 6.07. The molecule has 1 aliphatic carbocycles. The van der Waals surface area contributed by atoms with Gasteiger partial charge in [0.15, 0.2) is 0 Å². The summed E-state index contributed by atoms with van der Waals surface area (Å²) in [4.78, 5) is 6.98. The fourth-order valence-corrected chi connectivity index (χ4v) is 4.41. The summed E-state index contributed by atoms with van der Waals surface area (Å²) in [6.07, 6.45) is 12.8. The van der Waals surface area contributed by atoms with Gasteiger partial charge in [0.1, 0.15) is 6.07 Å². The molecule has 1 aromatic rings. The van der Waals surface area contributed by atoms with E-state index in [1.165, 1.54) is 64.5 Å². The summed E-state index contributed by atoms with van der Waals surface area (Å²) < 4.78 is 5.99. The number of hydrogen-bond donors (Lipinski definition) is 1. The van der Waals surface area contributed by atoms with E-state index in [0.717, 1.165) is 37.7 Å². The second kappa shape index (κ2) is 9.97. The van der Waals surface area contributed by atoms with E-state index in [0.29, 0.717) is 17.5 Å². The van der Waals surface area contributed by atoms with Crippen molar-refractivity contribution < 1.29 is 4.42 Å². The summed E-state index contributed by atoms with van der Waals surface area (Å²) in [5, 5.41) is 12.7. The Bertz CT molecular complexity index is 577. The average molecular weight is 359 g/mol. The van der Waals surface area contributed by atoms with Crippen molar-refractivity contribution in [1.82, 2.24) is 9.88 Å². The predicted molar refractivity (Wildman–Crippen MR) is 104 cm³/mol. The zero-order chi connectivity index (χ0) is 18.2. The van der Waals surface area contributed by atoms with Crippen LogP contribution < -0.4 is 5.32 Å². The Labute approximate surface area is 158 Å². The Morgan fingerprint density at radius 3 is 2.65 bits per heavy atom. The average Bonchev–Trinajstić information content (AvgIpc) is 3.11. The molecule has 0 bridgehead atoms. The highest BCUT2D eigenvalue weighted by molar-refractivity contribution is 5.45. The lowest BCUT2D eigenvalue weighted by atomic mass is 9.80. The van der Waals surface area contributed by atoms with Crippen molar-refractivity contribution in [2.24, 2.45) is 5.92 Å². The molecule has 1 aliphatic heterocycles. The molecule has 0 spiro atoms. The maximum Gasteiger partial charge on any atom is 0.232 e. The second-order valence-electron chi connectivity index (χ2n) is 8.03. The van der Waals surface area contributed by atoms with Gasteiger partial charge in [-0.2, -0.15) is 5.26 Å². The number of nitrogens with zero attached hydrogens (tertiary/aromatic N) is 3. The van der Waals surface area contributed by atoms with E-state index in [1.54, 1.807) is 0 Å². The minimum atomic E-state index is 0.387. The quantitative estimate of drug-likeness (QED) is 0.715. The molecule has 0 amide bonds. The maximum absolute atomic E-state index is 9.39. The minimum absolute atomic E-state index is 0.387. The summed E-state index contributed by atoms with van der Waals surface area (Å²) in [6, 6.07) is 2.20. The van der Waals surface area contributed by atoms with E-state index in [9.17, 15) is 5.26 Å². The number of anilines is 1. The van der Waals surface area contributed by atoms with Crippen LogP contribution in [0.5, 0.6) is 0 Å². The van der Waals surface area contributed by atoms with Gasteiger partial charge in [0.05, 0.1) is 0 Å². The van der Waals surface area contributed by atoms with Gasteiger partial charge in [0.2, 0.25) is 17.5 Å². The van der Waals surface area contributed by atoms with E-state index >= 15 is 0 Å². The molecule has 3 rings (SSSR count). The Balaban J connectivity index is 1.49. The van der Waals surface area contributed by atoms with E-state index < -0.39 is 0 Å². The summed E-state index contributed by atoms with van der Waals surface area (Å²) in [6.45, 7) is 6.46. The smallest absolute Gasteiger partial charge is 0.232 e. The Morgan fingerprint density at radius 2 is 1.96 bits per heavy atom. The van der Waals surface area contributed by atoms with Crippen LogP contribution in [0, 0.1) is 17.2 Å². The zero-order valence-corrected chi connectivity index (χ0v) is 16.3. The van der Waals surface area contributed by atoms with Crippen LogP contribution >= 0.6 is 0 Å². The third kappa shape index (κ3) is 5.23. The van der Waals surface area contributed by atoms with Crippen LogP contribution in [0.4, 0.5) is 5.88 Å². The van der Waals surface area contributed by atoms with Crippen LogP contribution in [0.15, 0.2) is 4.42 Å². The first-order valence-electron chi connectivity index (χ1n) is 10.7. The number of hydrogen-bond acceptors (Lipinski definition) is 5. The molecular formula is C21H34N4O. The van der Waals surface area contributed by atoms with E-state index in [4.69, 9.17) is 4.42 Å². The van der Waals surface area contributed by atoms with Crippen molar-refractivity contribution >= 4 is 5.88 Å². The molecule has 0 radical (unpaired) electrons. The van der Waals surface area contributed by atoms with Crippen LogP contribution in [0.2, 0.25) is 0 Å². The molecular weight excluding hydrogens is 324 g/mol. The number of likely N-dealkylation sites (tertiary alicyclic amines) is 1. The van der Waals surface area contributed by atoms with Crippen molar-refractivity contribution in [1.29, 1.82) is 5.26 Å². The molecule has 0 atom stereocenters. The van der Waals surface area contributed by atoms with Gasteiger partial charge in [-0.1, -0.05) is 32.6 Å². The lowest BCUT2D eigenvalue weighted by molar-refractivity contribution is 0.236. The molecule has 1 saturated carbocycles. The minimum Gasteiger partial charge on any atom is -0.424 e. The lowest BCUT2D eigenvalue weighted by Gasteiger charge is -2.26. The largest absolute Gasteiger partial charge is 0.424 e. The van der Waals surface area contributed by atoms with Crippen molar-refractivity contribution in [2.75, 3.05) is 31.5 Å². The fraction of sp³-hybridized carbons (Fsp3) is 0.810. The molecule has 144 valence electrons. The van der Waals surface area contributed by atoms with Crippen LogP contribution in [-0.2, 0) is 0 Å². The Hall–Kier alpha value is -1.54. The molecule has 0 unspecified atom stereocenters. The standard InChI is InChI=1S/C21H34N4O/c1-2-3-7-17-8-10-18(11-9-17)20-24-19(16-22)21(26-20)23-12-15-25-13-5-4-6-14-25/h17-18,23H,2-15H2,1H3. The first-order chi connectivity index (χ1) is 12.8. The normalized spacial score (nSPS) is 24.3. The number of nitrogens with one attached hydrogen (secondary N) is 1. The highest BCUT2D eigenvalue weighted by atomic mass is 16.4. The zero-order valence-electron chi connectivity index (χ0n) is 16.3. The molecule has 5 nitrogen and oxygen atoms in total. The van der Waals surface area contributed by atoms with Gasteiger partial charge < -0.3 is 14.6 Å². The van der Waals surface area contributed by atoms with Gasteiger partial charge in [-0.05, 0) is 57.5 Å². The topological polar surface area (TPSA) is 65.1 Å². The van der Waals surface area contributed by atoms with Gasteiger partial charge in [-0.3, -0.25) is 0 Å². The third-order valence-electron chi connectivity index (χ3n) is 6.07. The van der Waals surface area contributed by atoms with Crippen LogP contribution in [0.1, 0.15) is 88.6 Å². The van der Waals surface area contributed by atoms with E-state index in [2.05, 4.69) is 28.2 Å². The van der Waals surface area contributed by atoms with Crippen molar-refractivity contribution in [2.45, 2.75) is 77.0 Å². The van der Waals surface area contributed by atoms with Crippen LogP contribution in [0.25, 0.3) is 0 Å². The number of oxazole rings is 1. The van der Waals surface area contributed by atoms with Gasteiger partial charge in [-0.15, -0.1) is 0 Å². The number of nitriles is 1. The number of piperidine rings is 1. The number of aromatic nitrogens is 1. The van der Waals surface area contributed by atoms with Gasteiger partial charge in [0.25, 0.3) is 0 Å². The molecule has 1 saturated heterocycles. The van der Waals surface area contributed by atoms with Gasteiger partial charge >= 0.3 is 0 Å². The fourth-order valence-electron chi connectivity index (χ4n) is 4.41. The predicted octanol–water partition coefficient (Wildman–Crippen LogP) is 4.91. The number of unbranched alkanes of at least 4 members (excludes halogenated alkanes) is 1. The highest BCUT2D eigenvalue weighted by Gasteiger charge is 2.27. The second-order valence-corrected chi connectivity index (χ2v) is 8.03. The Morgan fingerprint density at radius 1 is 1.19 bits per heavy atom. The van der Waals surface area contributed by atoms with Crippen molar-refractivity contribution in [3.8, 4) is 6.07 Å². The Kier molecular flexibility index (Phi) is 7.37. The van der Waals surface area contributed by atoms with E-state index in [-0.39, 0.29) is 0 Å². The van der Waals surface area contributed by atoms with Crippen molar-refractivity contribution in [3.05, 3.63) is 11.6 Å². The summed E-state index contributed by atoms with van der Waals surface area (Å²) in [5.41, 5.74) is 0.423. The number of rotatable bonds is 8. The van der Waals surface area contributed by atoms with E-state index in [1.807, 2.05) is 0 Å². The van der Waals surface area contributed by atoms with Gasteiger partial charge in [0, 0.05) is 19.0 Å². The summed E-state index contributed by atoms with van der Waals surface area (Å²) in [7, 11) is 0. The molecule has 1 aromatic heterocycles. The van der Waals surface area contributed by atoms with Gasteiger partial charge in [-0.25, -0.2) is 4.98 Å². The summed E-state index contributed by atoms with van der Waals surface area (Å²) >= 11 is 0. The molecule has 0 aromatic carbocycles. The van der Waals surface area contributed by atoms with Crippen molar-refractivity contribution in [3.63, 3.8) is 0 Å². The monoisotopic (exact) mass is 358 g/mol. The van der Waals surface area contributed by atoms with Crippen LogP contribution in [0.3, 0.4) is 0 Å². The molecule has 2 aliphatic rings. The maximum atomic E-state index is 9.39. The molecule has 26 heavy (non-hydrogen) atoms. The first-order valence-corrected chi connectivity index (χ1v) is 10.7. The SMILES string of the molecule is CCCCC1CCC(c2nc(C#N)c(NCCN3CCCCC3)o2)CC1. The molecule has 1 N–H and O–H groups in total.